The van der Waals surface area contributed by atoms with Crippen molar-refractivity contribution in [3.63, 3.8) is 0 Å². The molecule has 10 nitrogen and oxygen atoms in total. The van der Waals surface area contributed by atoms with Crippen molar-refractivity contribution >= 4 is 28.3 Å². The molecule has 178 valence electrons. The van der Waals surface area contributed by atoms with Crippen molar-refractivity contribution in [3.8, 4) is 5.75 Å². The number of ether oxygens (including phenoxy) is 1. The Morgan fingerprint density at radius 2 is 2.06 bits per heavy atom. The van der Waals surface area contributed by atoms with Gasteiger partial charge >= 0.3 is 6.36 Å². The smallest absolute Gasteiger partial charge is 0.406 e. The van der Waals surface area contributed by atoms with Gasteiger partial charge < -0.3 is 15.4 Å². The summed E-state index contributed by atoms with van der Waals surface area (Å²) < 4.78 is 40.9. The number of aromatic nitrogens is 2. The molecule has 2 amide bonds. The van der Waals surface area contributed by atoms with Gasteiger partial charge in [-0.2, -0.15) is 0 Å². The summed E-state index contributed by atoms with van der Waals surface area (Å²) in [5.41, 5.74) is 6.45. The van der Waals surface area contributed by atoms with E-state index < -0.39 is 12.3 Å². The number of amides is 2. The van der Waals surface area contributed by atoms with E-state index in [0.29, 0.717) is 29.4 Å². The standard InChI is InChI=1S/C19H22F3N7O3S/c1-23-17(31)14-11-29(28-25-14)8-3-2-7-16-26-27-18(33-16)24-15(30)10-12-5-4-6-13(9-12)32-19(20,21)22/h4-6,9,11,25,28H,2-3,7-8,10H2,1H3,(H,23,31)(H,24,27,30). The van der Waals surface area contributed by atoms with Crippen LogP contribution in [-0.2, 0) is 22.4 Å². The van der Waals surface area contributed by atoms with E-state index in [-0.39, 0.29) is 18.1 Å². The summed E-state index contributed by atoms with van der Waals surface area (Å²) in [7, 11) is 1.55. The number of likely N-dealkylation sites (N-methyl/N-ethyl adjacent to an activating group) is 1. The van der Waals surface area contributed by atoms with Crippen LogP contribution >= 0.6 is 11.3 Å². The highest BCUT2D eigenvalue weighted by Gasteiger charge is 2.31. The number of nitrogens with zero attached hydrogens (tertiary/aromatic N) is 3. The number of carbonyl (C=O) groups is 2. The number of benzene rings is 1. The van der Waals surface area contributed by atoms with Crippen molar-refractivity contribution in [2.24, 2.45) is 0 Å². The van der Waals surface area contributed by atoms with E-state index >= 15 is 0 Å². The van der Waals surface area contributed by atoms with Crippen LogP contribution in [-0.4, -0.2) is 47.0 Å². The van der Waals surface area contributed by atoms with Gasteiger partial charge in [0.1, 0.15) is 16.5 Å². The van der Waals surface area contributed by atoms with E-state index in [1.807, 2.05) is 0 Å². The highest BCUT2D eigenvalue weighted by molar-refractivity contribution is 7.15. The molecule has 14 heteroatoms. The van der Waals surface area contributed by atoms with Crippen LogP contribution in [0.4, 0.5) is 18.3 Å². The van der Waals surface area contributed by atoms with Gasteiger partial charge in [0, 0.05) is 26.2 Å². The molecule has 0 fully saturated rings. The first-order valence-corrected chi connectivity index (χ1v) is 10.7. The number of carbonyl (C=O) groups excluding carboxylic acids is 2. The van der Waals surface area contributed by atoms with Gasteiger partial charge in [0.15, 0.2) is 0 Å². The fourth-order valence-corrected chi connectivity index (χ4v) is 3.69. The number of hydrazine groups is 2. The third-order valence-corrected chi connectivity index (χ3v) is 5.24. The molecule has 0 radical (unpaired) electrons. The summed E-state index contributed by atoms with van der Waals surface area (Å²) in [5.74, 6) is -1.02. The molecule has 2 aromatic rings. The average Bonchev–Trinajstić information content (AvgIpc) is 3.39. The lowest BCUT2D eigenvalue weighted by Gasteiger charge is -2.14. The average molecular weight is 485 g/mol. The van der Waals surface area contributed by atoms with E-state index in [4.69, 9.17) is 0 Å². The van der Waals surface area contributed by atoms with Crippen LogP contribution in [0.1, 0.15) is 23.4 Å². The first kappa shape index (κ1) is 24.3. The third kappa shape index (κ3) is 7.91. The van der Waals surface area contributed by atoms with Gasteiger partial charge in [-0.05, 0) is 30.5 Å². The van der Waals surface area contributed by atoms with Gasteiger partial charge in [0.25, 0.3) is 5.91 Å². The minimum absolute atomic E-state index is 0.133. The zero-order valence-electron chi connectivity index (χ0n) is 17.5. The maximum Gasteiger partial charge on any atom is 0.573 e. The molecule has 3 rings (SSSR count). The van der Waals surface area contributed by atoms with E-state index in [9.17, 15) is 22.8 Å². The van der Waals surface area contributed by atoms with Crippen molar-refractivity contribution < 1.29 is 27.5 Å². The quantitative estimate of drug-likeness (QED) is 0.377. The first-order valence-electron chi connectivity index (χ1n) is 9.91. The molecular formula is C19H22F3N7O3S. The van der Waals surface area contributed by atoms with Gasteiger partial charge in [-0.3, -0.25) is 20.0 Å². The Balaban J connectivity index is 1.40. The number of alkyl halides is 3. The molecule has 33 heavy (non-hydrogen) atoms. The van der Waals surface area contributed by atoms with Crippen LogP contribution in [0.5, 0.6) is 5.75 Å². The minimum Gasteiger partial charge on any atom is -0.406 e. The molecule has 0 saturated heterocycles. The van der Waals surface area contributed by atoms with Crippen LogP contribution in [0.2, 0.25) is 0 Å². The normalized spacial score (nSPS) is 13.3. The lowest BCUT2D eigenvalue weighted by Crippen LogP contribution is -2.39. The molecule has 1 aromatic heterocycles. The summed E-state index contributed by atoms with van der Waals surface area (Å²) in [6, 6.07) is 5.25. The summed E-state index contributed by atoms with van der Waals surface area (Å²) in [5, 5.41) is 16.0. The Morgan fingerprint density at radius 3 is 2.82 bits per heavy atom. The largest absolute Gasteiger partial charge is 0.573 e. The molecule has 2 heterocycles. The van der Waals surface area contributed by atoms with Crippen molar-refractivity contribution in [2.75, 3.05) is 18.9 Å². The summed E-state index contributed by atoms with van der Waals surface area (Å²) in [4.78, 5) is 23.7. The zero-order valence-corrected chi connectivity index (χ0v) is 18.3. The number of nitrogens with one attached hydrogen (secondary N) is 4. The molecule has 0 bridgehead atoms. The predicted octanol–water partition coefficient (Wildman–Crippen LogP) is 1.85. The van der Waals surface area contributed by atoms with E-state index in [1.165, 1.54) is 29.5 Å². The number of hydrogen-bond donors (Lipinski definition) is 4. The highest BCUT2D eigenvalue weighted by Crippen LogP contribution is 2.24. The third-order valence-electron chi connectivity index (χ3n) is 4.34. The molecule has 1 aliphatic rings. The summed E-state index contributed by atoms with van der Waals surface area (Å²) >= 11 is 1.24. The summed E-state index contributed by atoms with van der Waals surface area (Å²) in [6.45, 7) is 0.674. The fraction of sp³-hybridized carbons (Fsp3) is 0.368. The van der Waals surface area contributed by atoms with Crippen LogP contribution in [0.25, 0.3) is 0 Å². The zero-order chi connectivity index (χ0) is 23.8. The maximum atomic E-state index is 12.3. The van der Waals surface area contributed by atoms with Crippen molar-refractivity contribution in [1.29, 1.82) is 0 Å². The molecule has 0 aliphatic carbocycles. The second kappa shape index (κ2) is 11.0. The van der Waals surface area contributed by atoms with E-state index in [1.54, 1.807) is 18.3 Å². The number of hydrogen-bond acceptors (Lipinski definition) is 9. The second-order valence-corrected chi connectivity index (χ2v) is 7.99. The molecule has 1 aromatic carbocycles. The Morgan fingerprint density at radius 1 is 1.24 bits per heavy atom. The Kier molecular flexibility index (Phi) is 8.06. The topological polar surface area (TPSA) is 121 Å². The molecular weight excluding hydrogens is 463 g/mol. The van der Waals surface area contributed by atoms with Gasteiger partial charge in [-0.15, -0.1) is 28.9 Å². The van der Waals surface area contributed by atoms with Crippen LogP contribution in [0.3, 0.4) is 0 Å². The first-order chi connectivity index (χ1) is 15.7. The molecule has 0 unspecified atom stereocenters. The highest BCUT2D eigenvalue weighted by atomic mass is 32.1. The van der Waals surface area contributed by atoms with Gasteiger partial charge in [0.2, 0.25) is 11.0 Å². The SMILES string of the molecule is CNC(=O)C1=CN(CCCCc2nnc(NC(=O)Cc3cccc(OC(F)(F)F)c3)s2)NN1. The van der Waals surface area contributed by atoms with Gasteiger partial charge in [0.05, 0.1) is 6.42 Å². The summed E-state index contributed by atoms with van der Waals surface area (Å²) in [6.07, 6.45) is -0.941. The second-order valence-electron chi connectivity index (χ2n) is 6.93. The number of aryl methyl sites for hydroxylation is 1. The predicted molar refractivity (Wildman–Crippen MR) is 113 cm³/mol. The van der Waals surface area contributed by atoms with Crippen molar-refractivity contribution in [1.82, 2.24) is 31.5 Å². The van der Waals surface area contributed by atoms with Gasteiger partial charge in [-0.1, -0.05) is 23.5 Å². The fourth-order valence-electron chi connectivity index (χ4n) is 2.89. The van der Waals surface area contributed by atoms with E-state index in [2.05, 4.69) is 36.5 Å². The van der Waals surface area contributed by atoms with Gasteiger partial charge in [-0.25, -0.2) is 0 Å². The Hall–Kier alpha value is -3.39. The lowest BCUT2D eigenvalue weighted by molar-refractivity contribution is -0.274. The number of rotatable bonds is 10. The Bertz CT molecular complexity index is 1010. The number of halogens is 3. The van der Waals surface area contributed by atoms with Crippen LogP contribution in [0.15, 0.2) is 36.2 Å². The number of unbranched alkanes of at least 4 members (excludes halogenated alkanes) is 1. The molecule has 4 N–H and O–H groups in total. The minimum atomic E-state index is -4.79. The lowest BCUT2D eigenvalue weighted by atomic mass is 10.1. The monoisotopic (exact) mass is 485 g/mol. The molecule has 0 spiro atoms. The Labute approximate surface area is 191 Å². The maximum absolute atomic E-state index is 12.3. The molecule has 1 aliphatic heterocycles. The van der Waals surface area contributed by atoms with E-state index in [0.717, 1.165) is 23.9 Å². The molecule has 0 atom stereocenters. The van der Waals surface area contributed by atoms with Crippen molar-refractivity contribution in [2.45, 2.75) is 32.0 Å². The molecule has 0 saturated carbocycles. The van der Waals surface area contributed by atoms with Crippen LogP contribution < -0.4 is 26.3 Å². The van der Waals surface area contributed by atoms with Crippen molar-refractivity contribution in [3.05, 3.63) is 46.7 Å². The van der Waals surface area contributed by atoms with Crippen LogP contribution in [0, 0.1) is 0 Å². The number of anilines is 1.